The van der Waals surface area contributed by atoms with E-state index in [2.05, 4.69) is 11.3 Å². The molecule has 0 saturated carbocycles. The van der Waals surface area contributed by atoms with Crippen LogP contribution in [0, 0.1) is 5.92 Å². The molecule has 0 heterocycles. The number of carbonyl (C=O) groups excluding carboxylic acids is 3. The molecule has 0 radical (unpaired) electrons. The van der Waals surface area contributed by atoms with Crippen molar-refractivity contribution in [3.63, 3.8) is 0 Å². The van der Waals surface area contributed by atoms with E-state index in [9.17, 15) is 32.7 Å². The summed E-state index contributed by atoms with van der Waals surface area (Å²) >= 11 is 0. The summed E-state index contributed by atoms with van der Waals surface area (Å²) in [6, 6.07) is 3.12. The highest BCUT2D eigenvalue weighted by Gasteiger charge is 2.32. The molecule has 1 aromatic carbocycles. The number of rotatable bonds is 9. The van der Waals surface area contributed by atoms with E-state index < -0.39 is 46.9 Å². The molecule has 0 saturated heterocycles. The van der Waals surface area contributed by atoms with E-state index >= 15 is 0 Å². The molecule has 0 aliphatic carbocycles. The largest absolute Gasteiger partial charge is 0.573 e. The third kappa shape index (κ3) is 8.93. The number of aromatic hydroxyl groups is 1. The molecule has 30 heavy (non-hydrogen) atoms. The molecule has 1 aromatic rings. The van der Waals surface area contributed by atoms with Gasteiger partial charge in [0.1, 0.15) is 5.60 Å². The number of carbonyl (C=O) groups is 3. The molecular formula is C21H23F3O6. The van der Waals surface area contributed by atoms with Crippen molar-refractivity contribution in [2.24, 2.45) is 5.92 Å². The van der Waals surface area contributed by atoms with E-state index in [1.54, 1.807) is 20.8 Å². The van der Waals surface area contributed by atoms with Crippen molar-refractivity contribution in [2.45, 2.75) is 45.6 Å². The second kappa shape index (κ2) is 10.1. The third-order valence-corrected chi connectivity index (χ3v) is 3.59. The lowest BCUT2D eigenvalue weighted by atomic mass is 9.92. The van der Waals surface area contributed by atoms with Crippen LogP contribution >= 0.6 is 0 Å². The van der Waals surface area contributed by atoms with Crippen molar-refractivity contribution >= 4 is 23.6 Å². The van der Waals surface area contributed by atoms with Crippen molar-refractivity contribution in [1.29, 1.82) is 0 Å². The minimum absolute atomic E-state index is 0.110. The minimum atomic E-state index is -5.00. The summed E-state index contributed by atoms with van der Waals surface area (Å²) < 4.78 is 45.9. The molecule has 0 spiro atoms. The topological polar surface area (TPSA) is 89.9 Å². The quantitative estimate of drug-likeness (QED) is 0.357. The van der Waals surface area contributed by atoms with Gasteiger partial charge in [-0.25, -0.2) is 0 Å². The molecule has 0 bridgehead atoms. The molecule has 1 unspecified atom stereocenters. The lowest BCUT2D eigenvalue weighted by Gasteiger charge is -2.20. The SMILES string of the molecule is C=CC(=O)C(CCC(=O)OC(C)(C)C)C(=O)C=Cc1ccc(O)c(OC(F)(F)F)c1. The number of phenols is 1. The van der Waals surface area contributed by atoms with E-state index in [0.29, 0.717) is 0 Å². The predicted octanol–water partition coefficient (Wildman–Crippen LogP) is 4.37. The molecule has 0 aliphatic rings. The normalized spacial score (nSPS) is 13.0. The van der Waals surface area contributed by atoms with Gasteiger partial charge in [0.05, 0.1) is 5.92 Å². The molecule has 0 fully saturated rings. The average Bonchev–Trinajstić information content (AvgIpc) is 2.59. The van der Waals surface area contributed by atoms with Crippen LogP contribution < -0.4 is 4.74 Å². The average molecular weight is 428 g/mol. The standard InChI is InChI=1S/C21H23F3O6/c1-5-15(25)14(8-11-19(28)30-20(2,3)4)16(26)9-6-13-7-10-17(27)18(12-13)29-21(22,23)24/h5-7,9-10,12,14,27H,1,8,11H2,2-4H3. The molecule has 1 rings (SSSR count). The zero-order chi connectivity index (χ0) is 23.1. The summed E-state index contributed by atoms with van der Waals surface area (Å²) in [4.78, 5) is 36.3. The van der Waals surface area contributed by atoms with Gasteiger partial charge in [0.15, 0.2) is 23.1 Å². The molecule has 9 heteroatoms. The zero-order valence-electron chi connectivity index (χ0n) is 16.8. The van der Waals surface area contributed by atoms with Crippen molar-refractivity contribution < 1.29 is 42.1 Å². The van der Waals surface area contributed by atoms with Crippen LogP contribution in [0.5, 0.6) is 11.5 Å². The minimum Gasteiger partial charge on any atom is -0.504 e. The van der Waals surface area contributed by atoms with Gasteiger partial charge in [-0.3, -0.25) is 14.4 Å². The highest BCUT2D eigenvalue weighted by Crippen LogP contribution is 2.32. The number of ether oxygens (including phenoxy) is 2. The predicted molar refractivity (Wildman–Crippen MR) is 103 cm³/mol. The Labute approximate surface area is 172 Å². The fourth-order valence-electron chi connectivity index (χ4n) is 2.36. The van der Waals surface area contributed by atoms with E-state index in [4.69, 9.17) is 4.74 Å². The molecule has 0 aromatic heterocycles. The van der Waals surface area contributed by atoms with Gasteiger partial charge in [-0.05, 0) is 57.0 Å². The van der Waals surface area contributed by atoms with E-state index in [1.165, 1.54) is 12.1 Å². The number of hydrogen-bond acceptors (Lipinski definition) is 6. The van der Waals surface area contributed by atoms with Crippen LogP contribution in [0.4, 0.5) is 13.2 Å². The number of phenolic OH excluding ortho intramolecular Hbond substituents is 1. The van der Waals surface area contributed by atoms with Gasteiger partial charge in [0.2, 0.25) is 0 Å². The Morgan fingerprint density at radius 2 is 1.80 bits per heavy atom. The number of alkyl halides is 3. The summed E-state index contributed by atoms with van der Waals surface area (Å²) in [7, 11) is 0. The smallest absolute Gasteiger partial charge is 0.504 e. The molecule has 0 aliphatic heterocycles. The first-order chi connectivity index (χ1) is 13.7. The molecule has 164 valence electrons. The number of halogens is 3. The summed E-state index contributed by atoms with van der Waals surface area (Å²) in [5.41, 5.74) is -0.592. The number of hydrogen-bond donors (Lipinski definition) is 1. The Hall–Kier alpha value is -3.10. The van der Waals surface area contributed by atoms with Crippen LogP contribution in [0.25, 0.3) is 6.08 Å². The van der Waals surface area contributed by atoms with Gasteiger partial charge in [0.25, 0.3) is 0 Å². The molecule has 0 amide bonds. The van der Waals surface area contributed by atoms with Gasteiger partial charge < -0.3 is 14.6 Å². The van der Waals surface area contributed by atoms with Crippen molar-refractivity contribution in [3.8, 4) is 11.5 Å². The van der Waals surface area contributed by atoms with E-state index in [1.807, 2.05) is 0 Å². The number of esters is 1. The monoisotopic (exact) mass is 428 g/mol. The van der Waals surface area contributed by atoms with Crippen molar-refractivity contribution in [3.05, 3.63) is 42.5 Å². The fourth-order valence-corrected chi connectivity index (χ4v) is 2.36. The van der Waals surface area contributed by atoms with Gasteiger partial charge in [-0.15, -0.1) is 13.2 Å². The summed E-state index contributed by atoms with van der Waals surface area (Å²) in [5.74, 6) is -4.58. The highest BCUT2D eigenvalue weighted by molar-refractivity contribution is 6.12. The highest BCUT2D eigenvalue weighted by atomic mass is 19.4. The Bertz CT molecular complexity index is 834. The van der Waals surface area contributed by atoms with E-state index in [-0.39, 0.29) is 18.4 Å². The van der Waals surface area contributed by atoms with Gasteiger partial charge in [0, 0.05) is 6.42 Å². The Morgan fingerprint density at radius 3 is 2.33 bits per heavy atom. The third-order valence-electron chi connectivity index (χ3n) is 3.59. The lowest BCUT2D eigenvalue weighted by molar-refractivity contribution is -0.275. The molecule has 1 atom stereocenters. The number of ketones is 2. The maximum absolute atomic E-state index is 12.4. The van der Waals surface area contributed by atoms with Crippen LogP contribution in [0.3, 0.4) is 0 Å². The Morgan fingerprint density at radius 1 is 1.17 bits per heavy atom. The first-order valence-corrected chi connectivity index (χ1v) is 8.90. The van der Waals surface area contributed by atoms with Crippen LogP contribution in [0.15, 0.2) is 36.9 Å². The first-order valence-electron chi connectivity index (χ1n) is 8.90. The second-order valence-corrected chi connectivity index (χ2v) is 7.29. The van der Waals surface area contributed by atoms with Crippen LogP contribution in [0.2, 0.25) is 0 Å². The van der Waals surface area contributed by atoms with Gasteiger partial charge in [-0.2, -0.15) is 0 Å². The first kappa shape index (κ1) is 24.9. The number of benzene rings is 1. The maximum atomic E-state index is 12.4. The van der Waals surface area contributed by atoms with Crippen molar-refractivity contribution in [1.82, 2.24) is 0 Å². The summed E-state index contributed by atoms with van der Waals surface area (Å²) in [6.45, 7) is 8.37. The Balaban J connectivity index is 2.92. The van der Waals surface area contributed by atoms with Gasteiger partial charge in [-0.1, -0.05) is 18.7 Å². The second-order valence-electron chi connectivity index (χ2n) is 7.29. The van der Waals surface area contributed by atoms with Crippen LogP contribution in [-0.2, 0) is 19.1 Å². The molecular weight excluding hydrogens is 405 g/mol. The van der Waals surface area contributed by atoms with Crippen molar-refractivity contribution in [2.75, 3.05) is 0 Å². The molecule has 6 nitrogen and oxygen atoms in total. The Kier molecular flexibility index (Phi) is 8.38. The summed E-state index contributed by atoms with van der Waals surface area (Å²) in [5, 5.41) is 9.46. The van der Waals surface area contributed by atoms with E-state index in [0.717, 1.165) is 24.3 Å². The van der Waals surface area contributed by atoms with Gasteiger partial charge >= 0.3 is 12.3 Å². The number of allylic oxidation sites excluding steroid dienone is 2. The maximum Gasteiger partial charge on any atom is 0.573 e. The van der Waals surface area contributed by atoms with Crippen LogP contribution in [0.1, 0.15) is 39.2 Å². The van der Waals surface area contributed by atoms with Crippen LogP contribution in [-0.4, -0.2) is 34.6 Å². The lowest BCUT2D eigenvalue weighted by Crippen LogP contribution is -2.26. The fraction of sp³-hybridized carbons (Fsp3) is 0.381. The molecule has 1 N–H and O–H groups in total. The summed E-state index contributed by atoms with van der Waals surface area (Å²) in [6.07, 6.45) is -2.16. The zero-order valence-corrected chi connectivity index (χ0v) is 16.8.